The van der Waals surface area contributed by atoms with Crippen LogP contribution in [-0.2, 0) is 0 Å². The maximum Gasteiger partial charge on any atom is 0.261 e. The number of hydrogen-bond donors (Lipinski definition) is 0. The first kappa shape index (κ1) is 14.7. The van der Waals surface area contributed by atoms with Crippen molar-refractivity contribution < 1.29 is 9.59 Å². The van der Waals surface area contributed by atoms with Gasteiger partial charge in [-0.05, 0) is 44.6 Å². The van der Waals surface area contributed by atoms with Crippen LogP contribution in [0.2, 0.25) is 0 Å². The van der Waals surface area contributed by atoms with Crippen molar-refractivity contribution in [1.82, 2.24) is 9.80 Å². The van der Waals surface area contributed by atoms with Crippen LogP contribution in [0.4, 0.5) is 0 Å². The summed E-state index contributed by atoms with van der Waals surface area (Å²) >= 11 is 0. The zero-order valence-electron chi connectivity index (χ0n) is 12.3. The summed E-state index contributed by atoms with van der Waals surface area (Å²) in [6, 6.07) is 7.05. The van der Waals surface area contributed by atoms with E-state index < -0.39 is 0 Å². The number of amides is 2. The number of rotatable bonds is 7. The van der Waals surface area contributed by atoms with Crippen molar-refractivity contribution in [2.75, 3.05) is 26.2 Å². The van der Waals surface area contributed by atoms with Crippen LogP contribution in [0, 0.1) is 0 Å². The number of nitrogens with zero attached hydrogens (tertiary/aromatic N) is 2. The van der Waals surface area contributed by atoms with Gasteiger partial charge in [0.25, 0.3) is 11.8 Å². The molecular weight excluding hydrogens is 252 g/mol. The van der Waals surface area contributed by atoms with Crippen molar-refractivity contribution in [3.8, 4) is 0 Å². The monoisotopic (exact) mass is 274 g/mol. The van der Waals surface area contributed by atoms with Crippen LogP contribution >= 0.6 is 0 Å². The van der Waals surface area contributed by atoms with E-state index in [0.717, 1.165) is 32.5 Å². The number of hydrogen-bond acceptors (Lipinski definition) is 3. The molecule has 0 saturated carbocycles. The van der Waals surface area contributed by atoms with Gasteiger partial charge >= 0.3 is 0 Å². The summed E-state index contributed by atoms with van der Waals surface area (Å²) in [7, 11) is 0. The molecule has 108 valence electrons. The van der Waals surface area contributed by atoms with Crippen LogP contribution in [-0.4, -0.2) is 47.8 Å². The minimum Gasteiger partial charge on any atom is -0.304 e. The molecule has 1 aromatic carbocycles. The Kier molecular flexibility index (Phi) is 4.90. The van der Waals surface area contributed by atoms with E-state index in [1.165, 1.54) is 4.90 Å². The Bertz CT molecular complexity index is 464. The lowest BCUT2D eigenvalue weighted by atomic mass is 10.1. The summed E-state index contributed by atoms with van der Waals surface area (Å²) in [4.78, 5) is 28.1. The molecule has 0 bridgehead atoms. The van der Waals surface area contributed by atoms with Crippen LogP contribution in [0.15, 0.2) is 24.3 Å². The average molecular weight is 274 g/mol. The Morgan fingerprint density at radius 1 is 1.00 bits per heavy atom. The zero-order chi connectivity index (χ0) is 14.5. The first-order chi connectivity index (χ1) is 9.69. The van der Waals surface area contributed by atoms with Crippen LogP contribution in [0.3, 0.4) is 0 Å². The first-order valence-electron chi connectivity index (χ1n) is 7.36. The van der Waals surface area contributed by atoms with Gasteiger partial charge in [0.15, 0.2) is 0 Å². The molecule has 4 nitrogen and oxygen atoms in total. The SMILES string of the molecule is CCCN(CC)CCCN1C(=O)c2ccccc2C1=O. The van der Waals surface area contributed by atoms with Crippen LogP contribution in [0.25, 0.3) is 0 Å². The molecule has 0 N–H and O–H groups in total. The number of fused-ring (bicyclic) bond motifs is 1. The van der Waals surface area contributed by atoms with Crippen LogP contribution in [0.1, 0.15) is 47.4 Å². The minimum atomic E-state index is -0.149. The van der Waals surface area contributed by atoms with Gasteiger partial charge in [-0.3, -0.25) is 14.5 Å². The van der Waals surface area contributed by atoms with Gasteiger partial charge in [-0.15, -0.1) is 0 Å². The molecule has 1 heterocycles. The van der Waals surface area contributed by atoms with Gasteiger partial charge in [0.1, 0.15) is 0 Å². The Morgan fingerprint density at radius 3 is 2.10 bits per heavy atom. The topological polar surface area (TPSA) is 40.6 Å². The van der Waals surface area contributed by atoms with Gasteiger partial charge in [0.2, 0.25) is 0 Å². The number of carbonyl (C=O) groups is 2. The molecule has 0 atom stereocenters. The highest BCUT2D eigenvalue weighted by molar-refractivity contribution is 6.21. The van der Waals surface area contributed by atoms with Crippen molar-refractivity contribution in [2.24, 2.45) is 0 Å². The molecule has 0 aromatic heterocycles. The molecule has 2 amide bonds. The summed E-state index contributed by atoms with van der Waals surface area (Å²) in [5.74, 6) is -0.298. The molecule has 1 aromatic rings. The average Bonchev–Trinajstić information content (AvgIpc) is 2.71. The summed E-state index contributed by atoms with van der Waals surface area (Å²) in [5.41, 5.74) is 1.08. The number of imide groups is 1. The van der Waals surface area contributed by atoms with Gasteiger partial charge in [0, 0.05) is 6.54 Å². The normalized spacial score (nSPS) is 14.2. The first-order valence-corrected chi connectivity index (χ1v) is 7.36. The second-order valence-electron chi connectivity index (χ2n) is 5.10. The largest absolute Gasteiger partial charge is 0.304 e. The van der Waals surface area contributed by atoms with Crippen molar-refractivity contribution in [3.63, 3.8) is 0 Å². The smallest absolute Gasteiger partial charge is 0.261 e. The molecule has 0 fully saturated rings. The number of carbonyl (C=O) groups excluding carboxylic acids is 2. The number of benzene rings is 1. The van der Waals surface area contributed by atoms with Gasteiger partial charge < -0.3 is 4.90 Å². The molecule has 0 spiro atoms. The second-order valence-corrected chi connectivity index (χ2v) is 5.10. The highest BCUT2D eigenvalue weighted by Crippen LogP contribution is 2.22. The van der Waals surface area contributed by atoms with Crippen molar-refractivity contribution in [2.45, 2.75) is 26.7 Å². The quantitative estimate of drug-likeness (QED) is 0.717. The van der Waals surface area contributed by atoms with E-state index in [1.54, 1.807) is 24.3 Å². The van der Waals surface area contributed by atoms with E-state index in [1.807, 2.05) is 0 Å². The predicted octanol–water partition coefficient (Wildman–Crippen LogP) is 2.40. The van der Waals surface area contributed by atoms with E-state index in [2.05, 4.69) is 18.7 Å². The lowest BCUT2D eigenvalue weighted by Gasteiger charge is -2.21. The third-order valence-corrected chi connectivity index (χ3v) is 3.72. The predicted molar refractivity (Wildman–Crippen MR) is 78.8 cm³/mol. The Morgan fingerprint density at radius 2 is 1.60 bits per heavy atom. The third kappa shape index (κ3) is 2.90. The highest BCUT2D eigenvalue weighted by Gasteiger charge is 2.34. The van der Waals surface area contributed by atoms with Crippen LogP contribution < -0.4 is 0 Å². The van der Waals surface area contributed by atoms with Gasteiger partial charge in [-0.25, -0.2) is 0 Å². The van der Waals surface area contributed by atoms with Crippen molar-refractivity contribution in [3.05, 3.63) is 35.4 Å². The maximum atomic E-state index is 12.2. The molecule has 1 aliphatic heterocycles. The molecule has 4 heteroatoms. The molecule has 0 unspecified atom stereocenters. The summed E-state index contributed by atoms with van der Waals surface area (Å²) in [5, 5.41) is 0. The third-order valence-electron chi connectivity index (χ3n) is 3.72. The highest BCUT2D eigenvalue weighted by atomic mass is 16.2. The van der Waals surface area contributed by atoms with E-state index >= 15 is 0 Å². The molecule has 0 aliphatic carbocycles. The molecule has 0 radical (unpaired) electrons. The Hall–Kier alpha value is -1.68. The standard InChI is InChI=1S/C16H22N2O2/c1-3-10-17(4-2)11-7-12-18-15(19)13-8-5-6-9-14(13)16(18)20/h5-6,8-9H,3-4,7,10-12H2,1-2H3. The second kappa shape index (κ2) is 6.66. The minimum absolute atomic E-state index is 0.149. The fourth-order valence-electron chi connectivity index (χ4n) is 2.64. The van der Waals surface area contributed by atoms with Gasteiger partial charge in [-0.1, -0.05) is 26.0 Å². The van der Waals surface area contributed by atoms with Crippen molar-refractivity contribution in [1.29, 1.82) is 0 Å². The molecule has 1 aliphatic rings. The van der Waals surface area contributed by atoms with E-state index in [4.69, 9.17) is 0 Å². The summed E-state index contributed by atoms with van der Waals surface area (Å²) in [6.45, 7) is 7.81. The molecular formula is C16H22N2O2. The molecule has 0 saturated heterocycles. The Balaban J connectivity index is 1.92. The fraction of sp³-hybridized carbons (Fsp3) is 0.500. The summed E-state index contributed by atoms with van der Waals surface area (Å²) in [6.07, 6.45) is 1.96. The van der Waals surface area contributed by atoms with Gasteiger partial charge in [0.05, 0.1) is 11.1 Å². The van der Waals surface area contributed by atoms with E-state index in [9.17, 15) is 9.59 Å². The lowest BCUT2D eigenvalue weighted by molar-refractivity contribution is 0.0647. The molecule has 20 heavy (non-hydrogen) atoms. The molecule has 2 rings (SSSR count). The van der Waals surface area contributed by atoms with E-state index in [0.29, 0.717) is 17.7 Å². The van der Waals surface area contributed by atoms with E-state index in [-0.39, 0.29) is 11.8 Å². The zero-order valence-corrected chi connectivity index (χ0v) is 12.3. The van der Waals surface area contributed by atoms with Crippen molar-refractivity contribution >= 4 is 11.8 Å². The Labute approximate surface area is 120 Å². The maximum absolute atomic E-state index is 12.2. The lowest BCUT2D eigenvalue weighted by Crippen LogP contribution is -2.34. The van der Waals surface area contributed by atoms with Crippen LogP contribution in [0.5, 0.6) is 0 Å². The fourth-order valence-corrected chi connectivity index (χ4v) is 2.64. The summed E-state index contributed by atoms with van der Waals surface area (Å²) < 4.78 is 0. The van der Waals surface area contributed by atoms with Gasteiger partial charge in [-0.2, -0.15) is 0 Å².